The van der Waals surface area contributed by atoms with Crippen LogP contribution in [-0.4, -0.2) is 33.6 Å². The first-order chi connectivity index (χ1) is 15.2. The number of nitrogens with two attached hydrogens (primary N) is 1. The molecule has 0 saturated carbocycles. The second kappa shape index (κ2) is 13.2. The van der Waals surface area contributed by atoms with Crippen molar-refractivity contribution in [3.05, 3.63) is 59.7 Å². The summed E-state index contributed by atoms with van der Waals surface area (Å²) in [5, 5.41) is 9.52. The minimum atomic E-state index is -4.62. The van der Waals surface area contributed by atoms with Crippen LogP contribution in [0.2, 0.25) is 0 Å². The van der Waals surface area contributed by atoms with Crippen LogP contribution in [0.5, 0.6) is 0 Å². The van der Waals surface area contributed by atoms with Crippen LogP contribution in [0.1, 0.15) is 63.0 Å². The Labute approximate surface area is 192 Å². The molecule has 0 amide bonds. The topological polar surface area (TPSA) is 113 Å². The largest absolute Gasteiger partial charge is 0.469 e. The van der Waals surface area contributed by atoms with Gasteiger partial charge in [-0.25, -0.2) is 4.57 Å². The minimum absolute atomic E-state index is 0.343. The molecule has 2 rings (SSSR count). The summed E-state index contributed by atoms with van der Waals surface area (Å²) in [7, 11) is -4.62. The van der Waals surface area contributed by atoms with E-state index in [0.717, 1.165) is 17.5 Å². The van der Waals surface area contributed by atoms with E-state index in [1.165, 1.54) is 49.7 Å². The van der Waals surface area contributed by atoms with E-state index in [0.29, 0.717) is 12.8 Å². The van der Waals surface area contributed by atoms with Crippen LogP contribution in [0.25, 0.3) is 11.1 Å². The molecule has 0 radical (unpaired) electrons. The number of benzene rings is 2. The SMILES string of the molecule is CCCCCCCCc1ccc(-c2ccc(CCC(N)(CO)COP(=O)(O)O)cc2)cc1. The number of unbranched alkanes of at least 4 members (excludes halogenated alkanes) is 5. The smallest absolute Gasteiger partial charge is 0.394 e. The predicted octanol–water partition coefficient (Wildman–Crippen LogP) is 4.99. The Bertz CT molecular complexity index is 834. The van der Waals surface area contributed by atoms with Gasteiger partial charge in [-0.3, -0.25) is 4.52 Å². The summed E-state index contributed by atoms with van der Waals surface area (Å²) in [6.07, 6.45) is 9.89. The van der Waals surface area contributed by atoms with Crippen molar-refractivity contribution in [3.8, 4) is 11.1 Å². The van der Waals surface area contributed by atoms with Gasteiger partial charge >= 0.3 is 7.82 Å². The van der Waals surface area contributed by atoms with E-state index in [1.807, 2.05) is 12.1 Å². The fourth-order valence-electron chi connectivity index (χ4n) is 3.64. The molecule has 2 aromatic carbocycles. The lowest BCUT2D eigenvalue weighted by Crippen LogP contribution is -2.48. The van der Waals surface area contributed by atoms with Gasteiger partial charge in [0.1, 0.15) is 0 Å². The molecule has 0 aromatic heterocycles. The molecule has 7 heteroatoms. The van der Waals surface area contributed by atoms with Gasteiger partial charge in [0.05, 0.1) is 18.8 Å². The highest BCUT2D eigenvalue weighted by Crippen LogP contribution is 2.37. The lowest BCUT2D eigenvalue weighted by Gasteiger charge is -2.27. The summed E-state index contributed by atoms with van der Waals surface area (Å²) in [5.41, 5.74) is 9.54. The van der Waals surface area contributed by atoms with Gasteiger partial charge in [0, 0.05) is 0 Å². The maximum atomic E-state index is 10.9. The van der Waals surface area contributed by atoms with Crippen molar-refractivity contribution < 1.29 is 24.0 Å². The summed E-state index contributed by atoms with van der Waals surface area (Å²) in [5.74, 6) is 0. The summed E-state index contributed by atoms with van der Waals surface area (Å²) < 4.78 is 15.4. The van der Waals surface area contributed by atoms with Gasteiger partial charge in [-0.1, -0.05) is 87.6 Å². The van der Waals surface area contributed by atoms with E-state index in [4.69, 9.17) is 15.5 Å². The van der Waals surface area contributed by atoms with Crippen molar-refractivity contribution in [1.29, 1.82) is 0 Å². The second-order valence-electron chi connectivity index (χ2n) is 8.70. The first-order valence-corrected chi connectivity index (χ1v) is 13.1. The first kappa shape index (κ1) is 26.7. The number of hydrogen-bond acceptors (Lipinski definition) is 4. The van der Waals surface area contributed by atoms with Gasteiger partial charge in [0.15, 0.2) is 0 Å². The average molecular weight is 464 g/mol. The van der Waals surface area contributed by atoms with Crippen molar-refractivity contribution in [2.75, 3.05) is 13.2 Å². The van der Waals surface area contributed by atoms with Gasteiger partial charge in [0.2, 0.25) is 0 Å². The molecule has 0 aliphatic carbocycles. The summed E-state index contributed by atoms with van der Waals surface area (Å²) in [4.78, 5) is 17.7. The molecule has 2 aromatic rings. The number of aliphatic hydroxyl groups excluding tert-OH is 1. The van der Waals surface area contributed by atoms with Gasteiger partial charge in [0.25, 0.3) is 0 Å². The van der Waals surface area contributed by atoms with Crippen LogP contribution in [0.3, 0.4) is 0 Å². The number of phosphoric acid groups is 1. The van der Waals surface area contributed by atoms with Crippen molar-refractivity contribution in [2.24, 2.45) is 5.73 Å². The molecule has 1 atom stereocenters. The molecule has 32 heavy (non-hydrogen) atoms. The molecule has 5 N–H and O–H groups in total. The van der Waals surface area contributed by atoms with Gasteiger partial charge in [-0.05, 0) is 47.9 Å². The molecule has 0 spiro atoms. The highest BCUT2D eigenvalue weighted by atomic mass is 31.2. The van der Waals surface area contributed by atoms with E-state index >= 15 is 0 Å². The molecule has 0 fully saturated rings. The Kier molecular flexibility index (Phi) is 11.1. The van der Waals surface area contributed by atoms with Gasteiger partial charge in [-0.2, -0.15) is 0 Å². The predicted molar refractivity (Wildman–Crippen MR) is 129 cm³/mol. The first-order valence-electron chi connectivity index (χ1n) is 11.5. The lowest BCUT2D eigenvalue weighted by atomic mass is 9.93. The molecule has 0 aliphatic rings. The fraction of sp³-hybridized carbons (Fsp3) is 0.520. The average Bonchev–Trinajstić information content (AvgIpc) is 2.79. The van der Waals surface area contributed by atoms with Crippen LogP contribution >= 0.6 is 7.82 Å². The molecular formula is C25H38NO5P. The molecular weight excluding hydrogens is 425 g/mol. The van der Waals surface area contributed by atoms with Crippen LogP contribution in [-0.2, 0) is 21.9 Å². The van der Waals surface area contributed by atoms with Crippen LogP contribution < -0.4 is 5.73 Å². The Morgan fingerprint density at radius 3 is 1.84 bits per heavy atom. The number of aliphatic hydroxyl groups is 1. The zero-order chi connectivity index (χ0) is 23.5. The number of aryl methyl sites for hydroxylation is 2. The third-order valence-corrected chi connectivity index (χ3v) is 6.27. The van der Waals surface area contributed by atoms with Gasteiger partial charge < -0.3 is 20.6 Å². The number of rotatable bonds is 15. The standard InChI is InChI=1S/C25H38NO5P/c1-2-3-4-5-6-7-8-21-9-13-23(14-10-21)24-15-11-22(12-16-24)17-18-25(26,19-27)20-31-32(28,29)30/h9-16,27H,2-8,17-20,26H2,1H3,(H2,28,29,30). The van der Waals surface area contributed by atoms with Crippen molar-refractivity contribution in [3.63, 3.8) is 0 Å². The van der Waals surface area contributed by atoms with E-state index < -0.39 is 26.6 Å². The van der Waals surface area contributed by atoms with Crippen molar-refractivity contribution >= 4 is 7.82 Å². The summed E-state index contributed by atoms with van der Waals surface area (Å²) in [6.45, 7) is 1.42. The highest BCUT2D eigenvalue weighted by molar-refractivity contribution is 7.46. The number of phosphoric ester groups is 1. The Hall–Kier alpha value is -1.53. The van der Waals surface area contributed by atoms with Crippen LogP contribution in [0.4, 0.5) is 0 Å². The molecule has 0 aliphatic heterocycles. The summed E-state index contributed by atoms with van der Waals surface area (Å²) >= 11 is 0. The Balaban J connectivity index is 1.84. The summed E-state index contributed by atoms with van der Waals surface area (Å²) in [6, 6.07) is 16.9. The monoisotopic (exact) mass is 463 g/mol. The Morgan fingerprint density at radius 1 is 0.844 bits per heavy atom. The Morgan fingerprint density at radius 2 is 1.34 bits per heavy atom. The highest BCUT2D eigenvalue weighted by Gasteiger charge is 2.28. The molecule has 0 bridgehead atoms. The normalized spacial score (nSPS) is 13.8. The maximum absolute atomic E-state index is 10.9. The minimum Gasteiger partial charge on any atom is -0.394 e. The molecule has 0 heterocycles. The van der Waals surface area contributed by atoms with Crippen molar-refractivity contribution in [1.82, 2.24) is 0 Å². The second-order valence-corrected chi connectivity index (χ2v) is 9.94. The molecule has 0 saturated heterocycles. The van der Waals surface area contributed by atoms with E-state index in [1.54, 1.807) is 0 Å². The zero-order valence-electron chi connectivity index (χ0n) is 19.1. The molecule has 6 nitrogen and oxygen atoms in total. The molecule has 178 valence electrons. The fourth-order valence-corrected chi connectivity index (χ4v) is 4.07. The quantitative estimate of drug-likeness (QED) is 0.219. The number of hydrogen-bond donors (Lipinski definition) is 4. The van der Waals surface area contributed by atoms with Crippen LogP contribution in [0.15, 0.2) is 48.5 Å². The van der Waals surface area contributed by atoms with Gasteiger partial charge in [-0.15, -0.1) is 0 Å². The van der Waals surface area contributed by atoms with E-state index in [9.17, 15) is 9.67 Å². The van der Waals surface area contributed by atoms with Crippen molar-refractivity contribution in [2.45, 2.75) is 70.3 Å². The zero-order valence-corrected chi connectivity index (χ0v) is 20.0. The third kappa shape index (κ3) is 9.95. The van der Waals surface area contributed by atoms with Crippen LogP contribution in [0, 0.1) is 0 Å². The molecule has 1 unspecified atom stereocenters. The lowest BCUT2D eigenvalue weighted by molar-refractivity contribution is 0.102. The van der Waals surface area contributed by atoms with E-state index in [-0.39, 0.29) is 0 Å². The van der Waals surface area contributed by atoms with E-state index in [2.05, 4.69) is 47.8 Å². The third-order valence-electron chi connectivity index (χ3n) is 5.81. The maximum Gasteiger partial charge on any atom is 0.469 e.